The van der Waals surface area contributed by atoms with E-state index >= 15 is 0 Å². The van der Waals surface area contributed by atoms with E-state index in [1.165, 1.54) is 11.3 Å². The van der Waals surface area contributed by atoms with Gasteiger partial charge in [-0.05, 0) is 45.7 Å². The van der Waals surface area contributed by atoms with Gasteiger partial charge in [-0.1, -0.05) is 0 Å². The van der Waals surface area contributed by atoms with E-state index in [2.05, 4.69) is 15.2 Å². The van der Waals surface area contributed by atoms with Crippen LogP contribution in [0.15, 0.2) is 5.38 Å². The fourth-order valence-corrected chi connectivity index (χ4v) is 3.07. The lowest BCUT2D eigenvalue weighted by atomic mass is 9.92. The van der Waals surface area contributed by atoms with E-state index in [9.17, 15) is 9.90 Å². The first kappa shape index (κ1) is 14.4. The van der Waals surface area contributed by atoms with Gasteiger partial charge < -0.3 is 10.4 Å². The van der Waals surface area contributed by atoms with E-state index in [0.29, 0.717) is 17.6 Å². The summed E-state index contributed by atoms with van der Waals surface area (Å²) in [7, 11) is 0. The van der Waals surface area contributed by atoms with Crippen LogP contribution in [0.2, 0.25) is 0 Å². The third kappa shape index (κ3) is 4.26. The SMILES string of the molecule is Cc1csc(NC(=O)CN2CCC(C(C)O)CC2)n1. The van der Waals surface area contributed by atoms with Crippen LogP contribution in [-0.2, 0) is 4.79 Å². The number of likely N-dealkylation sites (tertiary alicyclic amines) is 1. The number of carbonyl (C=O) groups is 1. The molecule has 1 saturated heterocycles. The molecule has 1 aromatic rings. The van der Waals surface area contributed by atoms with Gasteiger partial charge >= 0.3 is 0 Å². The number of aliphatic hydroxyl groups is 1. The molecule has 6 heteroatoms. The number of rotatable bonds is 4. The predicted molar refractivity (Wildman–Crippen MR) is 76.3 cm³/mol. The van der Waals surface area contributed by atoms with Crippen LogP contribution in [0.1, 0.15) is 25.5 Å². The lowest BCUT2D eigenvalue weighted by Crippen LogP contribution is -2.41. The molecule has 1 amide bonds. The third-order valence-electron chi connectivity index (χ3n) is 3.55. The Labute approximate surface area is 117 Å². The van der Waals surface area contributed by atoms with Crippen molar-refractivity contribution in [3.8, 4) is 0 Å². The first-order valence-electron chi connectivity index (χ1n) is 6.67. The number of piperidine rings is 1. The van der Waals surface area contributed by atoms with Crippen LogP contribution < -0.4 is 5.32 Å². The van der Waals surface area contributed by atoms with Crippen molar-refractivity contribution in [2.45, 2.75) is 32.8 Å². The molecule has 106 valence electrons. The number of aliphatic hydroxyl groups excluding tert-OH is 1. The molecule has 19 heavy (non-hydrogen) atoms. The van der Waals surface area contributed by atoms with Crippen LogP contribution in [0.3, 0.4) is 0 Å². The number of nitrogens with zero attached hydrogens (tertiary/aromatic N) is 2. The van der Waals surface area contributed by atoms with Crippen molar-refractivity contribution in [3.63, 3.8) is 0 Å². The van der Waals surface area contributed by atoms with Crippen molar-refractivity contribution in [3.05, 3.63) is 11.1 Å². The van der Waals surface area contributed by atoms with Gasteiger partial charge in [0.2, 0.25) is 5.91 Å². The third-order valence-corrected chi connectivity index (χ3v) is 4.42. The topological polar surface area (TPSA) is 65.5 Å². The molecule has 0 aromatic carbocycles. The monoisotopic (exact) mass is 283 g/mol. The summed E-state index contributed by atoms with van der Waals surface area (Å²) in [5.41, 5.74) is 0.929. The molecule has 0 bridgehead atoms. The quantitative estimate of drug-likeness (QED) is 0.878. The van der Waals surface area contributed by atoms with Gasteiger partial charge in [0.05, 0.1) is 18.3 Å². The summed E-state index contributed by atoms with van der Waals surface area (Å²) in [6, 6.07) is 0. The number of hydrogen-bond donors (Lipinski definition) is 2. The second-order valence-electron chi connectivity index (χ2n) is 5.20. The average Bonchev–Trinajstić information content (AvgIpc) is 2.75. The number of hydrogen-bond acceptors (Lipinski definition) is 5. The molecular formula is C13H21N3O2S. The van der Waals surface area contributed by atoms with Crippen LogP contribution >= 0.6 is 11.3 Å². The highest BCUT2D eigenvalue weighted by Crippen LogP contribution is 2.20. The highest BCUT2D eigenvalue weighted by atomic mass is 32.1. The fraction of sp³-hybridized carbons (Fsp3) is 0.692. The van der Waals surface area contributed by atoms with Crippen molar-refractivity contribution in [2.75, 3.05) is 25.0 Å². The van der Waals surface area contributed by atoms with Gasteiger partial charge in [0.25, 0.3) is 0 Å². The number of amides is 1. The minimum absolute atomic E-state index is 0.00940. The molecule has 1 aromatic heterocycles. The molecule has 2 N–H and O–H groups in total. The average molecular weight is 283 g/mol. The number of aryl methyl sites for hydroxylation is 1. The van der Waals surface area contributed by atoms with Gasteiger partial charge in [-0.3, -0.25) is 9.69 Å². The maximum atomic E-state index is 11.9. The maximum Gasteiger partial charge on any atom is 0.240 e. The van der Waals surface area contributed by atoms with Crippen LogP contribution in [0.25, 0.3) is 0 Å². The summed E-state index contributed by atoms with van der Waals surface area (Å²) in [4.78, 5) is 18.2. The van der Waals surface area contributed by atoms with Crippen LogP contribution in [0, 0.1) is 12.8 Å². The van der Waals surface area contributed by atoms with Crippen molar-refractivity contribution in [1.82, 2.24) is 9.88 Å². The Kier molecular flexibility index (Phi) is 4.90. The van der Waals surface area contributed by atoms with E-state index in [4.69, 9.17) is 0 Å². The summed E-state index contributed by atoms with van der Waals surface area (Å²) >= 11 is 1.45. The van der Waals surface area contributed by atoms with Crippen LogP contribution in [0.4, 0.5) is 5.13 Å². The predicted octanol–water partition coefficient (Wildman–Crippen LogP) is 1.48. The van der Waals surface area contributed by atoms with E-state index in [0.717, 1.165) is 31.6 Å². The highest BCUT2D eigenvalue weighted by Gasteiger charge is 2.23. The number of anilines is 1. The second kappa shape index (κ2) is 6.45. The van der Waals surface area contributed by atoms with Gasteiger partial charge in [0.1, 0.15) is 0 Å². The van der Waals surface area contributed by atoms with E-state index in [-0.39, 0.29) is 12.0 Å². The molecule has 2 rings (SSSR count). The van der Waals surface area contributed by atoms with Crippen molar-refractivity contribution in [2.24, 2.45) is 5.92 Å². The largest absolute Gasteiger partial charge is 0.393 e. The van der Waals surface area contributed by atoms with E-state index in [1.807, 2.05) is 19.2 Å². The summed E-state index contributed by atoms with van der Waals surface area (Å²) in [5, 5.41) is 14.9. The van der Waals surface area contributed by atoms with Gasteiger partial charge in [0.15, 0.2) is 5.13 Å². The normalized spacial score (nSPS) is 19.3. The zero-order valence-corrected chi connectivity index (χ0v) is 12.2. The maximum absolute atomic E-state index is 11.9. The Bertz CT molecular complexity index is 425. The number of thiazole rings is 1. The molecule has 1 aliphatic heterocycles. The summed E-state index contributed by atoms with van der Waals surface area (Å²) < 4.78 is 0. The molecular weight excluding hydrogens is 262 g/mol. The Morgan fingerprint density at radius 3 is 2.84 bits per heavy atom. The minimum atomic E-state index is -0.241. The zero-order valence-electron chi connectivity index (χ0n) is 11.4. The summed E-state index contributed by atoms with van der Waals surface area (Å²) in [6.07, 6.45) is 1.68. The molecule has 5 nitrogen and oxygen atoms in total. The number of aromatic nitrogens is 1. The van der Waals surface area contributed by atoms with Crippen molar-refractivity contribution < 1.29 is 9.90 Å². The Balaban J connectivity index is 1.75. The number of carbonyl (C=O) groups excluding carboxylic acids is 1. The molecule has 0 aliphatic carbocycles. The fourth-order valence-electron chi connectivity index (χ4n) is 2.37. The number of nitrogens with one attached hydrogen (secondary N) is 1. The lowest BCUT2D eigenvalue weighted by molar-refractivity contribution is -0.117. The van der Waals surface area contributed by atoms with E-state index < -0.39 is 0 Å². The van der Waals surface area contributed by atoms with Gasteiger partial charge in [-0.25, -0.2) is 4.98 Å². The molecule has 1 atom stereocenters. The Morgan fingerprint density at radius 2 is 2.32 bits per heavy atom. The highest BCUT2D eigenvalue weighted by molar-refractivity contribution is 7.13. The molecule has 1 unspecified atom stereocenters. The van der Waals surface area contributed by atoms with Crippen molar-refractivity contribution in [1.29, 1.82) is 0 Å². The molecule has 0 saturated carbocycles. The van der Waals surface area contributed by atoms with E-state index in [1.54, 1.807) is 0 Å². The zero-order chi connectivity index (χ0) is 13.8. The Morgan fingerprint density at radius 1 is 1.63 bits per heavy atom. The Hall–Kier alpha value is -0.980. The molecule has 0 radical (unpaired) electrons. The first-order valence-corrected chi connectivity index (χ1v) is 7.55. The van der Waals surface area contributed by atoms with Crippen LogP contribution in [-0.4, -0.2) is 46.6 Å². The van der Waals surface area contributed by atoms with Gasteiger partial charge in [-0.2, -0.15) is 0 Å². The molecule has 1 fully saturated rings. The lowest BCUT2D eigenvalue weighted by Gasteiger charge is -2.32. The van der Waals surface area contributed by atoms with Crippen LogP contribution in [0.5, 0.6) is 0 Å². The van der Waals surface area contributed by atoms with Crippen molar-refractivity contribution >= 4 is 22.4 Å². The smallest absolute Gasteiger partial charge is 0.240 e. The summed E-state index contributed by atoms with van der Waals surface area (Å²) in [5.74, 6) is 0.366. The standard InChI is InChI=1S/C13H21N3O2S/c1-9-8-19-13(14-9)15-12(18)7-16-5-3-11(4-6-16)10(2)17/h8,10-11,17H,3-7H2,1-2H3,(H,14,15,18). The first-order chi connectivity index (χ1) is 9.04. The van der Waals surface area contributed by atoms with Gasteiger partial charge in [-0.15, -0.1) is 11.3 Å². The van der Waals surface area contributed by atoms with Gasteiger partial charge in [0, 0.05) is 5.38 Å². The second-order valence-corrected chi connectivity index (χ2v) is 6.05. The molecule has 1 aliphatic rings. The minimum Gasteiger partial charge on any atom is -0.393 e. The summed E-state index contributed by atoms with van der Waals surface area (Å²) in [6.45, 7) is 5.91. The molecule has 2 heterocycles. The molecule has 0 spiro atoms.